The molecule has 0 radical (unpaired) electrons. The monoisotopic (exact) mass is 470 g/mol. The first-order valence-corrected chi connectivity index (χ1v) is 13.4. The van der Waals surface area contributed by atoms with Gasteiger partial charge in [-0.15, -0.1) is 11.3 Å². The summed E-state index contributed by atoms with van der Waals surface area (Å²) in [5.74, 6) is 2.19. The Kier molecular flexibility index (Phi) is 5.69. The van der Waals surface area contributed by atoms with Gasteiger partial charge in [0.2, 0.25) is 0 Å². The molecule has 0 spiro atoms. The Labute approximate surface area is 204 Å². The van der Waals surface area contributed by atoms with Crippen LogP contribution in [0.15, 0.2) is 42.5 Å². The van der Waals surface area contributed by atoms with E-state index in [0.717, 1.165) is 65.2 Å². The molecule has 2 aromatic carbocycles. The van der Waals surface area contributed by atoms with Gasteiger partial charge in [0.05, 0.1) is 5.39 Å². The number of aromatic nitrogens is 2. The van der Waals surface area contributed by atoms with Gasteiger partial charge in [0.15, 0.2) is 0 Å². The summed E-state index contributed by atoms with van der Waals surface area (Å²) in [5.41, 5.74) is 2.28. The molecular formula is C28H30N4OS. The lowest BCUT2D eigenvalue weighted by Gasteiger charge is -2.36. The number of hydrogen-bond donors (Lipinski definition) is 0. The quantitative estimate of drug-likeness (QED) is 0.387. The fourth-order valence-corrected chi connectivity index (χ4v) is 6.72. The van der Waals surface area contributed by atoms with Gasteiger partial charge in [0.1, 0.15) is 16.5 Å². The van der Waals surface area contributed by atoms with Gasteiger partial charge in [-0.2, -0.15) is 0 Å². The Hall–Kier alpha value is -2.99. The predicted molar refractivity (Wildman–Crippen MR) is 140 cm³/mol. The number of nitrogens with zero attached hydrogens (tertiary/aromatic N) is 4. The third kappa shape index (κ3) is 3.74. The van der Waals surface area contributed by atoms with E-state index in [1.807, 2.05) is 46.6 Å². The zero-order valence-electron chi connectivity index (χ0n) is 19.7. The van der Waals surface area contributed by atoms with Crippen LogP contribution in [-0.4, -0.2) is 47.0 Å². The normalized spacial score (nSPS) is 16.3. The summed E-state index contributed by atoms with van der Waals surface area (Å²) < 4.78 is 0. The molecule has 2 aromatic heterocycles. The molecule has 174 valence electrons. The summed E-state index contributed by atoms with van der Waals surface area (Å²) in [4.78, 5) is 30.6. The van der Waals surface area contributed by atoms with E-state index in [2.05, 4.69) is 24.0 Å². The van der Waals surface area contributed by atoms with Crippen molar-refractivity contribution in [1.29, 1.82) is 0 Å². The minimum absolute atomic E-state index is 0.129. The van der Waals surface area contributed by atoms with E-state index in [0.29, 0.717) is 13.1 Å². The summed E-state index contributed by atoms with van der Waals surface area (Å²) >= 11 is 1.88. The van der Waals surface area contributed by atoms with Crippen molar-refractivity contribution in [3.8, 4) is 0 Å². The van der Waals surface area contributed by atoms with Gasteiger partial charge in [-0.25, -0.2) is 9.97 Å². The van der Waals surface area contributed by atoms with Gasteiger partial charge >= 0.3 is 0 Å². The largest absolute Gasteiger partial charge is 0.352 e. The highest BCUT2D eigenvalue weighted by molar-refractivity contribution is 7.19. The maximum Gasteiger partial charge on any atom is 0.254 e. The molecule has 3 heterocycles. The summed E-state index contributed by atoms with van der Waals surface area (Å²) in [6.07, 6.45) is 6.79. The maximum absolute atomic E-state index is 13.4. The van der Waals surface area contributed by atoms with Crippen LogP contribution in [-0.2, 0) is 19.3 Å². The maximum atomic E-state index is 13.4. The summed E-state index contributed by atoms with van der Waals surface area (Å²) in [6.45, 7) is 5.22. The first-order chi connectivity index (χ1) is 16.7. The molecule has 5 nitrogen and oxygen atoms in total. The smallest absolute Gasteiger partial charge is 0.254 e. The molecule has 4 aromatic rings. The fourth-order valence-electron chi connectivity index (χ4n) is 5.45. The van der Waals surface area contributed by atoms with E-state index in [1.54, 1.807) is 0 Å². The summed E-state index contributed by atoms with van der Waals surface area (Å²) in [5, 5.41) is 3.43. The minimum Gasteiger partial charge on any atom is -0.352 e. The molecule has 1 fully saturated rings. The lowest BCUT2D eigenvalue weighted by atomic mass is 9.96. The number of thiophene rings is 1. The highest BCUT2D eigenvalue weighted by atomic mass is 32.1. The average Bonchev–Trinajstić information content (AvgIpc) is 3.26. The first kappa shape index (κ1) is 21.5. The van der Waals surface area contributed by atoms with Crippen LogP contribution in [0.5, 0.6) is 0 Å². The number of piperazine rings is 1. The zero-order valence-corrected chi connectivity index (χ0v) is 20.5. The lowest BCUT2D eigenvalue weighted by molar-refractivity contribution is 0.0748. The highest BCUT2D eigenvalue weighted by Crippen LogP contribution is 2.40. The van der Waals surface area contributed by atoms with Crippen LogP contribution in [0, 0.1) is 0 Å². The Morgan fingerprint density at radius 1 is 0.971 bits per heavy atom. The lowest BCUT2D eigenvalue weighted by Crippen LogP contribution is -2.49. The molecule has 0 saturated carbocycles. The highest BCUT2D eigenvalue weighted by Gasteiger charge is 2.28. The van der Waals surface area contributed by atoms with Crippen molar-refractivity contribution in [2.45, 2.75) is 45.4 Å². The molecule has 0 unspecified atom stereocenters. The van der Waals surface area contributed by atoms with Gasteiger partial charge in [0.25, 0.3) is 5.91 Å². The minimum atomic E-state index is 0.129. The Morgan fingerprint density at radius 3 is 2.62 bits per heavy atom. The van der Waals surface area contributed by atoms with Crippen molar-refractivity contribution in [1.82, 2.24) is 14.9 Å². The van der Waals surface area contributed by atoms with E-state index in [4.69, 9.17) is 9.97 Å². The van der Waals surface area contributed by atoms with E-state index in [9.17, 15) is 4.79 Å². The number of amides is 1. The molecule has 0 bridgehead atoms. The second-order valence-electron chi connectivity index (χ2n) is 9.41. The number of aryl methyl sites for hydroxylation is 3. The van der Waals surface area contributed by atoms with Gasteiger partial charge in [0, 0.05) is 43.0 Å². The fraction of sp³-hybridized carbons (Fsp3) is 0.393. The van der Waals surface area contributed by atoms with Crippen molar-refractivity contribution < 1.29 is 4.79 Å². The van der Waals surface area contributed by atoms with Crippen molar-refractivity contribution in [2.24, 2.45) is 0 Å². The van der Waals surface area contributed by atoms with Crippen molar-refractivity contribution >= 4 is 44.1 Å². The van der Waals surface area contributed by atoms with Gasteiger partial charge in [-0.05, 0) is 54.5 Å². The Morgan fingerprint density at radius 2 is 1.76 bits per heavy atom. The van der Waals surface area contributed by atoms with Crippen LogP contribution < -0.4 is 4.90 Å². The van der Waals surface area contributed by atoms with Gasteiger partial charge in [-0.3, -0.25) is 4.79 Å². The van der Waals surface area contributed by atoms with Crippen LogP contribution in [0.2, 0.25) is 0 Å². The van der Waals surface area contributed by atoms with E-state index < -0.39 is 0 Å². The van der Waals surface area contributed by atoms with Gasteiger partial charge < -0.3 is 9.80 Å². The molecule has 2 aliphatic rings. The number of rotatable bonds is 4. The number of carbonyl (C=O) groups excluding carboxylic acids is 1. The number of carbonyl (C=O) groups is 1. The SMILES string of the molecule is CCCc1nc(N2CCN(C(=O)c3cccc4ccccc34)CC2)c2c3c(sc2n1)CCCC3. The number of benzene rings is 2. The van der Waals surface area contributed by atoms with E-state index >= 15 is 0 Å². The van der Waals surface area contributed by atoms with Crippen molar-refractivity contribution in [3.63, 3.8) is 0 Å². The summed E-state index contributed by atoms with van der Waals surface area (Å²) in [7, 11) is 0. The van der Waals surface area contributed by atoms with E-state index in [-0.39, 0.29) is 5.91 Å². The predicted octanol–water partition coefficient (Wildman–Crippen LogP) is 5.64. The molecule has 6 heteroatoms. The van der Waals surface area contributed by atoms with E-state index in [1.165, 1.54) is 35.1 Å². The molecule has 1 aliphatic carbocycles. The third-order valence-corrected chi connectivity index (χ3v) is 8.39. The molecule has 34 heavy (non-hydrogen) atoms. The van der Waals surface area contributed by atoms with Crippen LogP contribution in [0.3, 0.4) is 0 Å². The zero-order chi connectivity index (χ0) is 23.1. The summed E-state index contributed by atoms with van der Waals surface area (Å²) in [6, 6.07) is 14.2. The molecule has 0 N–H and O–H groups in total. The van der Waals surface area contributed by atoms with Gasteiger partial charge in [-0.1, -0.05) is 43.3 Å². The standard InChI is InChI=1S/C28H30N4OS/c1-2-8-24-29-26(25-22-12-5-6-14-23(22)34-27(25)30-24)31-15-17-32(18-16-31)28(33)21-13-7-10-19-9-3-4-11-20(19)21/h3-4,7,9-11,13H,2,5-6,8,12,14-18H2,1H3. The van der Waals surface area contributed by atoms with Crippen LogP contribution >= 0.6 is 11.3 Å². The third-order valence-electron chi connectivity index (χ3n) is 7.20. The molecule has 1 aliphatic heterocycles. The Bertz CT molecular complexity index is 1360. The number of anilines is 1. The van der Waals surface area contributed by atoms with Crippen molar-refractivity contribution in [2.75, 3.05) is 31.1 Å². The first-order valence-electron chi connectivity index (χ1n) is 12.6. The van der Waals surface area contributed by atoms with Crippen LogP contribution in [0.25, 0.3) is 21.0 Å². The topological polar surface area (TPSA) is 49.3 Å². The van der Waals surface area contributed by atoms with Crippen LogP contribution in [0.4, 0.5) is 5.82 Å². The second-order valence-corrected chi connectivity index (χ2v) is 10.5. The number of fused-ring (bicyclic) bond motifs is 4. The second kappa shape index (κ2) is 8.99. The van der Waals surface area contributed by atoms with Crippen molar-refractivity contribution in [3.05, 3.63) is 64.3 Å². The Balaban J connectivity index is 1.29. The molecular weight excluding hydrogens is 440 g/mol. The number of hydrogen-bond acceptors (Lipinski definition) is 5. The molecule has 1 amide bonds. The average molecular weight is 471 g/mol. The van der Waals surface area contributed by atoms with Crippen LogP contribution in [0.1, 0.15) is 52.8 Å². The molecule has 0 atom stereocenters. The molecule has 1 saturated heterocycles. The molecule has 6 rings (SSSR count).